The average Bonchev–Trinajstić information content (AvgIpc) is 3.27. The molecule has 0 radical (unpaired) electrons. The van der Waals surface area contributed by atoms with Gasteiger partial charge in [-0.1, -0.05) is 6.07 Å². The number of hydrogen-bond acceptors (Lipinski definition) is 8. The fourth-order valence-electron chi connectivity index (χ4n) is 3.00. The number of carbonyl (C=O) groups is 3. The van der Waals surface area contributed by atoms with Crippen LogP contribution < -0.4 is 8.92 Å². The Labute approximate surface area is 172 Å². The number of ether oxygens (including phenoxy) is 1. The van der Waals surface area contributed by atoms with Gasteiger partial charge in [0.1, 0.15) is 6.54 Å². The molecule has 0 atom stereocenters. The van der Waals surface area contributed by atoms with Crippen LogP contribution in [0.15, 0.2) is 23.1 Å². The number of carbonyl (C=O) groups excluding carboxylic acids is 3. The molecule has 2 saturated heterocycles. The van der Waals surface area contributed by atoms with Crippen molar-refractivity contribution in [3.63, 3.8) is 0 Å². The van der Waals surface area contributed by atoms with Crippen LogP contribution in [-0.2, 0) is 19.7 Å². The minimum atomic E-state index is -3.73. The molecule has 0 N–H and O–H groups in total. The number of nitrogens with zero attached hydrogens (tertiary/aromatic N) is 2. The summed E-state index contributed by atoms with van der Waals surface area (Å²) in [5, 5.41) is -0.502. The van der Waals surface area contributed by atoms with Gasteiger partial charge < -0.3 is 13.8 Å². The van der Waals surface area contributed by atoms with Gasteiger partial charge in [-0.15, -0.1) is 0 Å². The molecule has 0 spiro atoms. The van der Waals surface area contributed by atoms with E-state index in [-0.39, 0.29) is 28.9 Å². The van der Waals surface area contributed by atoms with Crippen LogP contribution in [0, 0.1) is 0 Å². The number of amides is 3. The molecule has 11 heteroatoms. The average molecular weight is 440 g/mol. The van der Waals surface area contributed by atoms with Crippen LogP contribution in [0.3, 0.4) is 0 Å². The second kappa shape index (κ2) is 8.46. The van der Waals surface area contributed by atoms with Crippen molar-refractivity contribution in [3.8, 4) is 11.5 Å². The van der Waals surface area contributed by atoms with Crippen LogP contribution >= 0.6 is 11.8 Å². The van der Waals surface area contributed by atoms with E-state index in [9.17, 15) is 22.8 Å². The topological polar surface area (TPSA) is 110 Å². The number of hydrogen-bond donors (Lipinski definition) is 0. The maximum Gasteiger partial charge on any atom is 0.306 e. The van der Waals surface area contributed by atoms with Gasteiger partial charge in [-0.25, -0.2) is 0 Å². The van der Waals surface area contributed by atoms with Crippen LogP contribution in [0.4, 0.5) is 4.79 Å². The summed E-state index contributed by atoms with van der Waals surface area (Å²) in [6.45, 7) is 1.02. The van der Waals surface area contributed by atoms with Crippen molar-refractivity contribution in [2.45, 2.75) is 12.8 Å². The van der Waals surface area contributed by atoms with E-state index >= 15 is 0 Å². The number of rotatable bonds is 6. The van der Waals surface area contributed by atoms with Gasteiger partial charge in [-0.05, 0) is 48.4 Å². The van der Waals surface area contributed by atoms with Crippen molar-refractivity contribution < 1.29 is 31.7 Å². The molecule has 3 amide bonds. The van der Waals surface area contributed by atoms with Gasteiger partial charge >= 0.3 is 10.1 Å². The van der Waals surface area contributed by atoms with E-state index in [2.05, 4.69) is 0 Å². The number of thioether (sulfide) groups is 1. The van der Waals surface area contributed by atoms with Crippen molar-refractivity contribution in [1.29, 1.82) is 0 Å². The van der Waals surface area contributed by atoms with Crippen LogP contribution in [0.2, 0.25) is 0 Å². The Morgan fingerprint density at radius 1 is 1.21 bits per heavy atom. The van der Waals surface area contributed by atoms with Crippen LogP contribution in [0.1, 0.15) is 18.4 Å². The molecule has 29 heavy (non-hydrogen) atoms. The molecule has 2 heterocycles. The largest absolute Gasteiger partial charge is 0.493 e. The molecule has 2 fully saturated rings. The van der Waals surface area contributed by atoms with Gasteiger partial charge in [0, 0.05) is 13.1 Å². The van der Waals surface area contributed by atoms with E-state index in [1.807, 2.05) is 0 Å². The van der Waals surface area contributed by atoms with E-state index < -0.39 is 21.3 Å². The zero-order valence-corrected chi connectivity index (χ0v) is 17.5. The summed E-state index contributed by atoms with van der Waals surface area (Å²) in [7, 11) is -2.37. The first kappa shape index (κ1) is 21.2. The number of likely N-dealkylation sites (tertiary alicyclic amines) is 1. The van der Waals surface area contributed by atoms with Crippen LogP contribution in [0.5, 0.6) is 11.5 Å². The van der Waals surface area contributed by atoms with Crippen molar-refractivity contribution >= 4 is 45.0 Å². The number of imide groups is 1. The van der Waals surface area contributed by atoms with Crippen molar-refractivity contribution in [2.24, 2.45) is 0 Å². The molecule has 9 nitrogen and oxygen atoms in total. The van der Waals surface area contributed by atoms with Gasteiger partial charge in [0.05, 0.1) is 18.3 Å². The quantitative estimate of drug-likeness (QED) is 0.485. The highest BCUT2D eigenvalue weighted by Gasteiger charge is 2.37. The molecule has 1 aromatic rings. The Morgan fingerprint density at radius 3 is 2.52 bits per heavy atom. The monoisotopic (exact) mass is 440 g/mol. The zero-order chi connectivity index (χ0) is 21.2. The first-order chi connectivity index (χ1) is 13.7. The first-order valence-electron chi connectivity index (χ1n) is 8.78. The van der Waals surface area contributed by atoms with Crippen LogP contribution in [0.25, 0.3) is 6.08 Å². The van der Waals surface area contributed by atoms with Gasteiger partial charge in [0.15, 0.2) is 11.5 Å². The molecular formula is C18H20N2O7S2. The van der Waals surface area contributed by atoms with Crippen molar-refractivity contribution in [3.05, 3.63) is 28.7 Å². The molecule has 2 aliphatic heterocycles. The van der Waals surface area contributed by atoms with Gasteiger partial charge in [0.2, 0.25) is 5.91 Å². The molecule has 0 saturated carbocycles. The van der Waals surface area contributed by atoms with Crippen LogP contribution in [-0.4, -0.2) is 68.3 Å². The van der Waals surface area contributed by atoms with Gasteiger partial charge in [0.25, 0.3) is 11.1 Å². The minimum absolute atomic E-state index is 0.0106. The Bertz CT molecular complexity index is 982. The number of benzene rings is 1. The summed E-state index contributed by atoms with van der Waals surface area (Å²) in [6, 6.07) is 4.42. The summed E-state index contributed by atoms with van der Waals surface area (Å²) in [5.74, 6) is -0.609. The lowest BCUT2D eigenvalue weighted by Gasteiger charge is -2.18. The lowest BCUT2D eigenvalue weighted by atomic mass is 10.2. The SMILES string of the molecule is COc1cc(/C=C2\SC(=O)N(CC(=O)N3CCCC3)C2=O)ccc1OS(C)(=O)=O. The molecule has 1 aromatic carbocycles. The Hall–Kier alpha value is -2.53. The molecule has 2 aliphatic rings. The summed E-state index contributed by atoms with van der Waals surface area (Å²) < 4.78 is 32.6. The van der Waals surface area contributed by atoms with Gasteiger partial charge in [-0.3, -0.25) is 19.3 Å². The molecule has 3 rings (SSSR count). The van der Waals surface area contributed by atoms with E-state index in [0.29, 0.717) is 18.7 Å². The lowest BCUT2D eigenvalue weighted by molar-refractivity contribution is -0.135. The predicted molar refractivity (Wildman–Crippen MR) is 107 cm³/mol. The Kier molecular flexibility index (Phi) is 6.18. The van der Waals surface area contributed by atoms with Crippen molar-refractivity contribution in [1.82, 2.24) is 9.80 Å². The Morgan fingerprint density at radius 2 is 1.90 bits per heavy atom. The summed E-state index contributed by atoms with van der Waals surface area (Å²) in [6.07, 6.45) is 4.25. The second-order valence-electron chi connectivity index (χ2n) is 6.55. The first-order valence-corrected chi connectivity index (χ1v) is 11.4. The lowest BCUT2D eigenvalue weighted by Crippen LogP contribution is -2.40. The fourth-order valence-corrected chi connectivity index (χ4v) is 4.30. The van der Waals surface area contributed by atoms with Gasteiger partial charge in [-0.2, -0.15) is 8.42 Å². The third-order valence-electron chi connectivity index (χ3n) is 4.35. The Balaban J connectivity index is 1.77. The smallest absolute Gasteiger partial charge is 0.306 e. The summed E-state index contributed by atoms with van der Waals surface area (Å²) >= 11 is 0.749. The standard InChI is InChI=1S/C18H20N2O7S2/c1-26-14-9-12(5-6-13(14)27-29(2,24)25)10-15-17(22)20(18(23)28-15)11-16(21)19-7-3-4-8-19/h5-6,9-10H,3-4,7-8,11H2,1-2H3/b15-10-. The maximum atomic E-state index is 12.6. The molecule has 0 aromatic heterocycles. The molecule has 156 valence electrons. The van der Waals surface area contributed by atoms with E-state index in [1.54, 1.807) is 4.90 Å². The molecule has 0 bridgehead atoms. The number of methoxy groups -OCH3 is 1. The summed E-state index contributed by atoms with van der Waals surface area (Å²) in [4.78, 5) is 39.8. The minimum Gasteiger partial charge on any atom is -0.493 e. The highest BCUT2D eigenvalue weighted by molar-refractivity contribution is 8.18. The van der Waals surface area contributed by atoms with E-state index in [4.69, 9.17) is 8.92 Å². The highest BCUT2D eigenvalue weighted by Crippen LogP contribution is 2.35. The second-order valence-corrected chi connectivity index (χ2v) is 9.12. The fraction of sp³-hybridized carbons (Fsp3) is 0.389. The molecular weight excluding hydrogens is 420 g/mol. The normalized spacial score (nSPS) is 18.6. The third-order valence-corrected chi connectivity index (χ3v) is 5.74. The third kappa shape index (κ3) is 5.10. The van der Waals surface area contributed by atoms with Crippen molar-refractivity contribution in [2.75, 3.05) is 33.0 Å². The molecule has 0 unspecified atom stereocenters. The maximum absolute atomic E-state index is 12.6. The molecule has 0 aliphatic carbocycles. The highest BCUT2D eigenvalue weighted by atomic mass is 32.2. The van der Waals surface area contributed by atoms with E-state index in [0.717, 1.165) is 35.8 Å². The predicted octanol–water partition coefficient (Wildman–Crippen LogP) is 1.69. The van der Waals surface area contributed by atoms with E-state index in [1.165, 1.54) is 31.4 Å². The zero-order valence-electron chi connectivity index (χ0n) is 15.9. The summed E-state index contributed by atoms with van der Waals surface area (Å²) in [5.41, 5.74) is 0.513.